The smallest absolute Gasteiger partial charge is 0.0115 e. The molecule has 9 heavy (non-hydrogen) atoms. The predicted molar refractivity (Wildman–Crippen MR) is 37.1 cm³/mol. The van der Waals surface area contributed by atoms with Gasteiger partial charge in [0.05, 0.1) is 0 Å². The summed E-state index contributed by atoms with van der Waals surface area (Å²) in [4.78, 5) is 2.38. The van der Waals surface area contributed by atoms with Gasteiger partial charge in [-0.05, 0) is 26.4 Å². The summed E-state index contributed by atoms with van der Waals surface area (Å²) >= 11 is 0. The summed E-state index contributed by atoms with van der Waals surface area (Å²) in [6.45, 7) is 2.50. The molecule has 2 atom stereocenters. The van der Waals surface area contributed by atoms with Crippen LogP contribution >= 0.6 is 0 Å². The first-order valence-electron chi connectivity index (χ1n) is 3.67. The summed E-state index contributed by atoms with van der Waals surface area (Å²) in [7, 11) is 2.18. The van der Waals surface area contributed by atoms with Crippen molar-refractivity contribution in [1.29, 1.82) is 0 Å². The fourth-order valence-corrected chi connectivity index (χ4v) is 1.96. The average molecular weight is 126 g/mol. The van der Waals surface area contributed by atoms with Crippen molar-refractivity contribution < 1.29 is 0 Å². The van der Waals surface area contributed by atoms with E-state index in [2.05, 4.69) is 11.9 Å². The van der Waals surface area contributed by atoms with Gasteiger partial charge in [0.1, 0.15) is 0 Å². The maximum atomic E-state index is 5.80. The molecule has 1 aliphatic carbocycles. The molecule has 1 saturated heterocycles. The third-order valence-electron chi connectivity index (χ3n) is 2.83. The van der Waals surface area contributed by atoms with Crippen LogP contribution < -0.4 is 5.73 Å². The zero-order valence-corrected chi connectivity index (χ0v) is 5.93. The van der Waals surface area contributed by atoms with Crippen LogP contribution in [0.1, 0.15) is 12.8 Å². The van der Waals surface area contributed by atoms with Crippen molar-refractivity contribution in [2.24, 2.45) is 11.1 Å². The van der Waals surface area contributed by atoms with Crippen LogP contribution in [-0.2, 0) is 0 Å². The number of hydrogen-bond acceptors (Lipinski definition) is 2. The van der Waals surface area contributed by atoms with E-state index in [1.54, 1.807) is 0 Å². The molecule has 2 fully saturated rings. The summed E-state index contributed by atoms with van der Waals surface area (Å²) in [6, 6.07) is 0.530. The Morgan fingerprint density at radius 3 is 2.56 bits per heavy atom. The normalized spacial score (nSPS) is 50.7. The van der Waals surface area contributed by atoms with E-state index in [1.807, 2.05) is 0 Å². The molecular weight excluding hydrogens is 112 g/mol. The van der Waals surface area contributed by atoms with Gasteiger partial charge >= 0.3 is 0 Å². The van der Waals surface area contributed by atoms with Crippen LogP contribution in [0.5, 0.6) is 0 Å². The van der Waals surface area contributed by atoms with Crippen LogP contribution in [0.15, 0.2) is 0 Å². The van der Waals surface area contributed by atoms with Crippen LogP contribution in [0.2, 0.25) is 0 Å². The molecule has 0 aromatic heterocycles. The summed E-state index contributed by atoms with van der Waals surface area (Å²) in [5.74, 6) is 0. The Labute approximate surface area is 56.0 Å². The Balaban J connectivity index is 2.03. The highest BCUT2D eigenvalue weighted by Crippen LogP contribution is 2.50. The molecule has 1 saturated carbocycles. The van der Waals surface area contributed by atoms with Crippen LogP contribution in [0, 0.1) is 5.41 Å². The minimum atomic E-state index is 0.530. The molecule has 0 amide bonds. The molecule has 1 heterocycles. The van der Waals surface area contributed by atoms with E-state index in [-0.39, 0.29) is 0 Å². The molecule has 2 nitrogen and oxygen atoms in total. The van der Waals surface area contributed by atoms with Crippen molar-refractivity contribution in [2.75, 3.05) is 20.1 Å². The SMILES string of the molecule is CN1CC[C@]2(C[C@@H]2N)C1. The fraction of sp³-hybridized carbons (Fsp3) is 1.00. The van der Waals surface area contributed by atoms with Gasteiger partial charge in [-0.3, -0.25) is 0 Å². The van der Waals surface area contributed by atoms with Gasteiger partial charge in [0, 0.05) is 18.0 Å². The Hall–Kier alpha value is -0.0800. The first kappa shape index (κ1) is 5.69. The molecule has 0 unspecified atom stereocenters. The third kappa shape index (κ3) is 0.700. The first-order chi connectivity index (χ1) is 4.23. The second kappa shape index (κ2) is 1.50. The van der Waals surface area contributed by atoms with Gasteiger partial charge in [-0.1, -0.05) is 0 Å². The summed E-state index contributed by atoms with van der Waals surface area (Å²) in [6.07, 6.45) is 2.61. The Morgan fingerprint density at radius 2 is 2.33 bits per heavy atom. The Kier molecular flexibility index (Phi) is 0.945. The van der Waals surface area contributed by atoms with E-state index in [9.17, 15) is 0 Å². The van der Waals surface area contributed by atoms with Crippen molar-refractivity contribution in [3.8, 4) is 0 Å². The van der Waals surface area contributed by atoms with E-state index in [1.165, 1.54) is 25.9 Å². The van der Waals surface area contributed by atoms with E-state index in [0.717, 1.165) is 0 Å². The van der Waals surface area contributed by atoms with Crippen molar-refractivity contribution in [2.45, 2.75) is 18.9 Å². The molecule has 2 heteroatoms. The van der Waals surface area contributed by atoms with Gasteiger partial charge in [0.2, 0.25) is 0 Å². The van der Waals surface area contributed by atoms with Crippen molar-refractivity contribution in [3.05, 3.63) is 0 Å². The largest absolute Gasteiger partial charge is 0.327 e. The minimum Gasteiger partial charge on any atom is -0.327 e. The number of rotatable bonds is 0. The summed E-state index contributed by atoms with van der Waals surface area (Å²) in [5, 5.41) is 0. The van der Waals surface area contributed by atoms with Crippen LogP contribution in [0.4, 0.5) is 0 Å². The van der Waals surface area contributed by atoms with Gasteiger partial charge in [-0.25, -0.2) is 0 Å². The lowest BCUT2D eigenvalue weighted by molar-refractivity contribution is 0.385. The fourth-order valence-electron chi connectivity index (χ4n) is 1.96. The average Bonchev–Trinajstić information content (AvgIpc) is 2.17. The molecule has 1 aliphatic heterocycles. The highest BCUT2D eigenvalue weighted by molar-refractivity contribution is 5.10. The molecule has 2 aliphatic rings. The van der Waals surface area contributed by atoms with E-state index in [0.29, 0.717) is 11.5 Å². The Morgan fingerprint density at radius 1 is 1.67 bits per heavy atom. The van der Waals surface area contributed by atoms with Gasteiger partial charge in [-0.2, -0.15) is 0 Å². The summed E-state index contributed by atoms with van der Waals surface area (Å²) in [5.41, 5.74) is 6.38. The van der Waals surface area contributed by atoms with E-state index < -0.39 is 0 Å². The molecule has 0 aromatic rings. The maximum absolute atomic E-state index is 5.80. The standard InChI is InChI=1S/C7H14N2/c1-9-3-2-7(5-9)4-6(7)8/h6H,2-5,8H2,1H3/t6-,7-/m0/s1. The van der Waals surface area contributed by atoms with Gasteiger partial charge < -0.3 is 10.6 Å². The second-order valence-electron chi connectivity index (χ2n) is 3.66. The first-order valence-corrected chi connectivity index (χ1v) is 3.67. The van der Waals surface area contributed by atoms with E-state index >= 15 is 0 Å². The van der Waals surface area contributed by atoms with Crippen molar-refractivity contribution in [1.82, 2.24) is 4.90 Å². The Bertz CT molecular complexity index is 133. The van der Waals surface area contributed by atoms with Gasteiger partial charge in [0.25, 0.3) is 0 Å². The topological polar surface area (TPSA) is 29.3 Å². The van der Waals surface area contributed by atoms with Crippen LogP contribution in [0.25, 0.3) is 0 Å². The number of nitrogens with zero attached hydrogens (tertiary/aromatic N) is 1. The molecule has 0 radical (unpaired) electrons. The molecular formula is C7H14N2. The number of likely N-dealkylation sites (tertiary alicyclic amines) is 1. The third-order valence-corrected chi connectivity index (χ3v) is 2.83. The highest BCUT2D eigenvalue weighted by atomic mass is 15.2. The molecule has 1 spiro atoms. The second-order valence-corrected chi connectivity index (χ2v) is 3.66. The number of hydrogen-bond donors (Lipinski definition) is 1. The van der Waals surface area contributed by atoms with Crippen LogP contribution in [-0.4, -0.2) is 31.1 Å². The van der Waals surface area contributed by atoms with Crippen molar-refractivity contribution in [3.63, 3.8) is 0 Å². The lowest BCUT2D eigenvalue weighted by Crippen LogP contribution is -2.19. The van der Waals surface area contributed by atoms with Crippen LogP contribution in [0.3, 0.4) is 0 Å². The minimum absolute atomic E-state index is 0.530. The monoisotopic (exact) mass is 126 g/mol. The van der Waals surface area contributed by atoms with E-state index in [4.69, 9.17) is 5.73 Å². The van der Waals surface area contributed by atoms with Crippen molar-refractivity contribution >= 4 is 0 Å². The zero-order valence-electron chi connectivity index (χ0n) is 5.93. The zero-order chi connectivity index (χ0) is 6.48. The van der Waals surface area contributed by atoms with Gasteiger partial charge in [-0.15, -0.1) is 0 Å². The molecule has 52 valence electrons. The number of nitrogens with two attached hydrogens (primary N) is 1. The lowest BCUT2D eigenvalue weighted by atomic mass is 10.1. The molecule has 0 aromatic carbocycles. The maximum Gasteiger partial charge on any atom is 0.0115 e. The molecule has 2 N–H and O–H groups in total. The molecule has 0 bridgehead atoms. The van der Waals surface area contributed by atoms with Gasteiger partial charge in [0.15, 0.2) is 0 Å². The lowest BCUT2D eigenvalue weighted by Gasteiger charge is -2.06. The highest BCUT2D eigenvalue weighted by Gasteiger charge is 2.54. The summed E-state index contributed by atoms with van der Waals surface area (Å²) < 4.78 is 0. The quantitative estimate of drug-likeness (QED) is 0.496. The molecule has 2 rings (SSSR count). The predicted octanol–water partition coefficient (Wildman–Crippen LogP) is 0.0393.